The summed E-state index contributed by atoms with van der Waals surface area (Å²) in [5, 5.41) is 0. The summed E-state index contributed by atoms with van der Waals surface area (Å²) in [6.45, 7) is 12.3. The number of methoxy groups -OCH3 is 2. The van der Waals surface area contributed by atoms with Crippen LogP contribution in [0.25, 0.3) is 17.5 Å². The van der Waals surface area contributed by atoms with Crippen LogP contribution in [0.3, 0.4) is 0 Å². The molecule has 0 saturated carbocycles. The molecule has 1 aliphatic heterocycles. The molecular weight excluding hydrogens is 394 g/mol. The highest BCUT2D eigenvalue weighted by Crippen LogP contribution is 2.31. The molecule has 0 atom stereocenters. The molecule has 2 aromatic rings. The SMILES string of the molecule is C=C(/C=C\c1oc(-c2cc(OC)cc(OC)c2)nc1C)C(=O)N1CCN(C)C(C)(C)C1. The third-order valence-corrected chi connectivity index (χ3v) is 5.75. The van der Waals surface area contributed by atoms with Crippen LogP contribution < -0.4 is 9.47 Å². The summed E-state index contributed by atoms with van der Waals surface area (Å²) < 4.78 is 16.6. The Morgan fingerprint density at radius 1 is 1.19 bits per heavy atom. The normalized spacial score (nSPS) is 16.5. The Morgan fingerprint density at radius 3 is 2.42 bits per heavy atom. The largest absolute Gasteiger partial charge is 0.497 e. The Kier molecular flexibility index (Phi) is 6.55. The van der Waals surface area contributed by atoms with Crippen molar-refractivity contribution in [1.82, 2.24) is 14.8 Å². The molecule has 1 saturated heterocycles. The van der Waals surface area contributed by atoms with E-state index >= 15 is 0 Å². The monoisotopic (exact) mass is 425 g/mol. The number of ether oxygens (including phenoxy) is 2. The second-order valence-corrected chi connectivity index (χ2v) is 8.39. The van der Waals surface area contributed by atoms with E-state index in [1.54, 1.807) is 32.4 Å². The molecule has 1 aromatic heterocycles. The maximum absolute atomic E-state index is 12.8. The number of piperazine rings is 1. The lowest BCUT2D eigenvalue weighted by Crippen LogP contribution is -2.59. The Morgan fingerprint density at radius 2 is 1.84 bits per heavy atom. The third kappa shape index (κ3) is 4.99. The molecule has 0 radical (unpaired) electrons. The van der Waals surface area contributed by atoms with Gasteiger partial charge in [0, 0.05) is 42.4 Å². The third-order valence-electron chi connectivity index (χ3n) is 5.75. The van der Waals surface area contributed by atoms with Crippen LogP contribution >= 0.6 is 0 Å². The maximum Gasteiger partial charge on any atom is 0.253 e. The van der Waals surface area contributed by atoms with Crippen LogP contribution in [-0.4, -0.2) is 67.1 Å². The van der Waals surface area contributed by atoms with Crippen molar-refractivity contribution in [2.75, 3.05) is 40.9 Å². The van der Waals surface area contributed by atoms with Crippen molar-refractivity contribution in [2.24, 2.45) is 0 Å². The van der Waals surface area contributed by atoms with Gasteiger partial charge in [0.25, 0.3) is 5.91 Å². The van der Waals surface area contributed by atoms with Gasteiger partial charge in [0.05, 0.1) is 19.9 Å². The number of carbonyl (C=O) groups excluding carboxylic acids is 1. The first-order valence-electron chi connectivity index (χ1n) is 10.2. The number of nitrogens with zero attached hydrogens (tertiary/aromatic N) is 3. The summed E-state index contributed by atoms with van der Waals surface area (Å²) in [5.74, 6) is 2.26. The fraction of sp³-hybridized carbons (Fsp3) is 0.417. The van der Waals surface area contributed by atoms with E-state index in [-0.39, 0.29) is 11.4 Å². The van der Waals surface area contributed by atoms with Gasteiger partial charge >= 0.3 is 0 Å². The number of oxazole rings is 1. The quantitative estimate of drug-likeness (QED) is 0.518. The zero-order valence-corrected chi connectivity index (χ0v) is 19.2. The lowest BCUT2D eigenvalue weighted by molar-refractivity contribution is -0.131. The Labute approximate surface area is 183 Å². The van der Waals surface area contributed by atoms with Gasteiger partial charge in [-0.05, 0) is 52.1 Å². The molecule has 0 unspecified atom stereocenters. The van der Waals surface area contributed by atoms with Crippen LogP contribution in [0.1, 0.15) is 25.3 Å². The number of likely N-dealkylation sites (N-methyl/N-ethyl adjacent to an activating group) is 1. The fourth-order valence-corrected chi connectivity index (χ4v) is 3.48. The average molecular weight is 426 g/mol. The molecule has 0 spiro atoms. The standard InChI is InChI=1S/C24H31N3O4/c1-16(23(28)27-11-10-26(5)24(3,4)15-27)8-9-21-17(2)25-22(31-21)18-12-19(29-6)14-20(13-18)30-7/h8-9,12-14H,1,10-11,15H2,2-7H3/b9-8-. The zero-order chi connectivity index (χ0) is 22.8. The molecule has 1 fully saturated rings. The van der Waals surface area contributed by atoms with Crippen molar-refractivity contribution in [3.05, 3.63) is 47.9 Å². The van der Waals surface area contributed by atoms with Crippen molar-refractivity contribution in [3.8, 4) is 23.0 Å². The minimum absolute atomic E-state index is 0.0626. The van der Waals surface area contributed by atoms with Crippen LogP contribution in [0.4, 0.5) is 0 Å². The molecule has 1 aliphatic rings. The van der Waals surface area contributed by atoms with Crippen LogP contribution in [0.2, 0.25) is 0 Å². The van der Waals surface area contributed by atoms with Gasteiger partial charge in [-0.3, -0.25) is 9.69 Å². The molecule has 7 nitrogen and oxygen atoms in total. The highest BCUT2D eigenvalue weighted by Gasteiger charge is 2.33. The number of aryl methyl sites for hydroxylation is 1. The van der Waals surface area contributed by atoms with E-state index in [0.29, 0.717) is 47.5 Å². The van der Waals surface area contributed by atoms with E-state index in [2.05, 4.69) is 37.4 Å². The van der Waals surface area contributed by atoms with E-state index in [1.807, 2.05) is 24.0 Å². The van der Waals surface area contributed by atoms with Gasteiger partial charge in [-0.25, -0.2) is 4.98 Å². The van der Waals surface area contributed by atoms with E-state index in [1.165, 1.54) is 0 Å². The second-order valence-electron chi connectivity index (χ2n) is 8.39. The van der Waals surface area contributed by atoms with Crippen molar-refractivity contribution in [2.45, 2.75) is 26.3 Å². The molecule has 0 bridgehead atoms. The van der Waals surface area contributed by atoms with E-state index in [0.717, 1.165) is 12.1 Å². The molecule has 3 rings (SSSR count). The zero-order valence-electron chi connectivity index (χ0n) is 19.2. The van der Waals surface area contributed by atoms with Gasteiger partial charge < -0.3 is 18.8 Å². The first-order chi connectivity index (χ1) is 14.6. The summed E-state index contributed by atoms with van der Waals surface area (Å²) in [6.07, 6.45) is 3.43. The van der Waals surface area contributed by atoms with Crippen LogP contribution in [0.15, 0.2) is 40.8 Å². The Hall–Kier alpha value is -3.06. The van der Waals surface area contributed by atoms with Gasteiger partial charge in [-0.15, -0.1) is 0 Å². The average Bonchev–Trinajstić information content (AvgIpc) is 3.13. The summed E-state index contributed by atoms with van der Waals surface area (Å²) in [6, 6.07) is 5.45. The van der Waals surface area contributed by atoms with Crippen LogP contribution in [-0.2, 0) is 4.79 Å². The molecule has 1 amide bonds. The first kappa shape index (κ1) is 22.6. The Bertz CT molecular complexity index is 984. The first-order valence-corrected chi connectivity index (χ1v) is 10.2. The van der Waals surface area contributed by atoms with Gasteiger partial charge in [-0.2, -0.15) is 0 Å². The van der Waals surface area contributed by atoms with Crippen molar-refractivity contribution in [3.63, 3.8) is 0 Å². The van der Waals surface area contributed by atoms with Crippen molar-refractivity contribution < 1.29 is 18.7 Å². The number of amides is 1. The predicted molar refractivity (Wildman–Crippen MR) is 121 cm³/mol. The van der Waals surface area contributed by atoms with Gasteiger partial charge in [-0.1, -0.05) is 6.58 Å². The van der Waals surface area contributed by atoms with Gasteiger partial charge in [0.1, 0.15) is 11.5 Å². The summed E-state index contributed by atoms with van der Waals surface area (Å²) in [4.78, 5) is 21.5. The topological polar surface area (TPSA) is 68.0 Å². The number of hydrogen-bond acceptors (Lipinski definition) is 6. The number of rotatable bonds is 6. The highest BCUT2D eigenvalue weighted by molar-refractivity contribution is 5.96. The Balaban J connectivity index is 1.76. The number of carbonyl (C=O) groups is 1. The highest BCUT2D eigenvalue weighted by atomic mass is 16.5. The lowest BCUT2D eigenvalue weighted by atomic mass is 9.99. The fourth-order valence-electron chi connectivity index (χ4n) is 3.48. The lowest BCUT2D eigenvalue weighted by Gasteiger charge is -2.45. The van der Waals surface area contributed by atoms with E-state index in [4.69, 9.17) is 13.9 Å². The van der Waals surface area contributed by atoms with Crippen molar-refractivity contribution >= 4 is 12.0 Å². The van der Waals surface area contributed by atoms with Gasteiger partial charge in [0.15, 0.2) is 5.76 Å². The summed E-state index contributed by atoms with van der Waals surface area (Å²) in [7, 11) is 5.27. The van der Waals surface area contributed by atoms with Gasteiger partial charge in [0.2, 0.25) is 5.89 Å². The summed E-state index contributed by atoms with van der Waals surface area (Å²) in [5.41, 5.74) is 1.81. The van der Waals surface area contributed by atoms with Crippen molar-refractivity contribution in [1.29, 1.82) is 0 Å². The number of benzene rings is 1. The van der Waals surface area contributed by atoms with Crippen LogP contribution in [0, 0.1) is 6.92 Å². The number of hydrogen-bond donors (Lipinski definition) is 0. The molecule has 2 heterocycles. The predicted octanol–water partition coefficient (Wildman–Crippen LogP) is 3.79. The number of aromatic nitrogens is 1. The van der Waals surface area contributed by atoms with E-state index in [9.17, 15) is 4.79 Å². The maximum atomic E-state index is 12.8. The molecule has 31 heavy (non-hydrogen) atoms. The molecule has 1 aromatic carbocycles. The molecule has 7 heteroatoms. The minimum atomic E-state index is -0.0634. The molecule has 0 aliphatic carbocycles. The van der Waals surface area contributed by atoms with Crippen LogP contribution in [0.5, 0.6) is 11.5 Å². The molecule has 166 valence electrons. The molecule has 0 N–H and O–H groups in total. The second kappa shape index (κ2) is 8.98. The van der Waals surface area contributed by atoms with E-state index < -0.39 is 0 Å². The minimum Gasteiger partial charge on any atom is -0.497 e. The smallest absolute Gasteiger partial charge is 0.253 e. The summed E-state index contributed by atoms with van der Waals surface area (Å²) >= 11 is 0. The molecular formula is C24H31N3O4.